The van der Waals surface area contributed by atoms with Gasteiger partial charge in [0.2, 0.25) is 0 Å². The average molecular weight is 467 g/mol. The third-order valence-electron chi connectivity index (χ3n) is 6.13. The zero-order chi connectivity index (χ0) is 24.4. The summed E-state index contributed by atoms with van der Waals surface area (Å²) in [6.07, 6.45) is 0. The van der Waals surface area contributed by atoms with Crippen molar-refractivity contribution >= 4 is 23.1 Å². The van der Waals surface area contributed by atoms with E-state index in [1.165, 1.54) is 41.3 Å². The summed E-state index contributed by atoms with van der Waals surface area (Å²) in [6, 6.07) is 9.16. The molecule has 2 N–H and O–H groups in total. The Balaban J connectivity index is 1.78. The molecule has 1 unspecified atom stereocenters. The predicted molar refractivity (Wildman–Crippen MR) is 122 cm³/mol. The maximum absolute atomic E-state index is 13.1. The van der Waals surface area contributed by atoms with Crippen molar-refractivity contribution in [2.24, 2.45) is 0 Å². The van der Waals surface area contributed by atoms with Crippen molar-refractivity contribution in [3.05, 3.63) is 74.8 Å². The minimum atomic E-state index is -0.957. The van der Waals surface area contributed by atoms with Crippen LogP contribution in [-0.2, 0) is 14.3 Å². The molecule has 0 bridgehead atoms. The second-order valence-corrected chi connectivity index (χ2v) is 8.32. The van der Waals surface area contributed by atoms with Gasteiger partial charge in [-0.2, -0.15) is 0 Å². The summed E-state index contributed by atoms with van der Waals surface area (Å²) < 4.78 is 5.35. The molecule has 2 aromatic rings. The number of phenolic OH excluding ortho intramolecular Hbond substituents is 1. The lowest BCUT2D eigenvalue weighted by Crippen LogP contribution is -2.42. The Hall–Kier alpha value is -3.76. The number of non-ortho nitro benzene ring substituents is 1. The van der Waals surface area contributed by atoms with Crippen LogP contribution >= 0.6 is 0 Å². The molecule has 0 aromatic heterocycles. The monoisotopic (exact) mass is 467 g/mol. The molecule has 4 rings (SSSR count). The molecule has 10 nitrogen and oxygen atoms in total. The minimum Gasteiger partial charge on any atom is -0.507 e. The standard InChI is InChI=1S/C24H25N3O7/c1-15-2-7-19(28)18(14-15)22(29)20-21(16-3-5-17(6-4-16)27(32)33)26(24(31)23(20)30)9-8-25-10-12-34-13-11-25/h2-7,14,21,28-29H,8-13H2,1H3/b22-20-. The normalized spacial score (nSPS) is 20.6. The van der Waals surface area contributed by atoms with Crippen LogP contribution in [0.4, 0.5) is 5.69 Å². The van der Waals surface area contributed by atoms with Gasteiger partial charge in [0.15, 0.2) is 0 Å². The van der Waals surface area contributed by atoms with Gasteiger partial charge in [-0.15, -0.1) is 0 Å². The number of aliphatic hydroxyl groups excluding tert-OH is 1. The van der Waals surface area contributed by atoms with Crippen LogP contribution in [0.25, 0.3) is 5.76 Å². The molecule has 2 saturated heterocycles. The lowest BCUT2D eigenvalue weighted by molar-refractivity contribution is -0.384. The summed E-state index contributed by atoms with van der Waals surface area (Å²) in [5.41, 5.74) is 0.929. The van der Waals surface area contributed by atoms with Crippen LogP contribution in [0.15, 0.2) is 48.0 Å². The summed E-state index contributed by atoms with van der Waals surface area (Å²) in [5, 5.41) is 32.5. The van der Waals surface area contributed by atoms with E-state index >= 15 is 0 Å². The number of hydrogen-bond donors (Lipinski definition) is 2. The van der Waals surface area contributed by atoms with Crippen molar-refractivity contribution in [1.29, 1.82) is 0 Å². The van der Waals surface area contributed by atoms with Crippen LogP contribution in [0.2, 0.25) is 0 Å². The van der Waals surface area contributed by atoms with Gasteiger partial charge in [0.1, 0.15) is 11.5 Å². The number of hydrogen-bond acceptors (Lipinski definition) is 8. The molecular weight excluding hydrogens is 442 g/mol. The fraction of sp³-hybridized carbons (Fsp3) is 0.333. The smallest absolute Gasteiger partial charge is 0.295 e. The van der Waals surface area contributed by atoms with Gasteiger partial charge in [0, 0.05) is 38.3 Å². The molecule has 10 heteroatoms. The van der Waals surface area contributed by atoms with Crippen molar-refractivity contribution < 1.29 is 29.5 Å². The first-order valence-corrected chi connectivity index (χ1v) is 10.9. The maximum atomic E-state index is 13.1. The van der Waals surface area contributed by atoms with Crippen LogP contribution in [0.5, 0.6) is 5.75 Å². The van der Waals surface area contributed by atoms with Gasteiger partial charge in [0.25, 0.3) is 17.4 Å². The highest BCUT2D eigenvalue weighted by atomic mass is 16.6. The highest BCUT2D eigenvalue weighted by Gasteiger charge is 2.46. The van der Waals surface area contributed by atoms with E-state index in [0.29, 0.717) is 38.4 Å². The second-order valence-electron chi connectivity index (χ2n) is 8.32. The molecule has 0 aliphatic carbocycles. The average Bonchev–Trinajstić information content (AvgIpc) is 3.09. The number of nitro groups is 1. The quantitative estimate of drug-likeness (QED) is 0.217. The molecule has 0 saturated carbocycles. The Morgan fingerprint density at radius 2 is 1.79 bits per heavy atom. The van der Waals surface area contributed by atoms with Gasteiger partial charge in [0.05, 0.1) is 35.3 Å². The van der Waals surface area contributed by atoms with Crippen LogP contribution < -0.4 is 0 Å². The minimum absolute atomic E-state index is 0.0399. The number of carbonyl (C=O) groups excluding carboxylic acids is 2. The molecule has 34 heavy (non-hydrogen) atoms. The third kappa shape index (κ3) is 4.50. The third-order valence-corrected chi connectivity index (χ3v) is 6.13. The lowest BCUT2D eigenvalue weighted by Gasteiger charge is -2.31. The molecule has 2 aromatic carbocycles. The number of amides is 1. The van der Waals surface area contributed by atoms with E-state index < -0.39 is 28.4 Å². The zero-order valence-corrected chi connectivity index (χ0v) is 18.6. The summed E-state index contributed by atoms with van der Waals surface area (Å²) >= 11 is 0. The molecule has 1 atom stereocenters. The Morgan fingerprint density at radius 3 is 2.44 bits per heavy atom. The molecule has 2 fully saturated rings. The fourth-order valence-corrected chi connectivity index (χ4v) is 4.29. The Labute approximate surface area is 195 Å². The Bertz CT molecular complexity index is 1150. The molecule has 2 aliphatic heterocycles. The van der Waals surface area contributed by atoms with E-state index in [0.717, 1.165) is 5.56 Å². The van der Waals surface area contributed by atoms with E-state index in [1.807, 2.05) is 0 Å². The van der Waals surface area contributed by atoms with E-state index in [-0.39, 0.29) is 29.1 Å². The van der Waals surface area contributed by atoms with Gasteiger partial charge >= 0.3 is 0 Å². The van der Waals surface area contributed by atoms with Crippen LogP contribution in [0.1, 0.15) is 22.7 Å². The van der Waals surface area contributed by atoms with E-state index in [1.54, 1.807) is 13.0 Å². The lowest BCUT2D eigenvalue weighted by atomic mass is 9.94. The first-order chi connectivity index (χ1) is 16.3. The van der Waals surface area contributed by atoms with E-state index in [2.05, 4.69) is 4.90 Å². The molecular formula is C24H25N3O7. The van der Waals surface area contributed by atoms with E-state index in [4.69, 9.17) is 4.74 Å². The van der Waals surface area contributed by atoms with Crippen molar-refractivity contribution in [2.45, 2.75) is 13.0 Å². The highest BCUT2D eigenvalue weighted by Crippen LogP contribution is 2.41. The first-order valence-electron chi connectivity index (χ1n) is 10.9. The summed E-state index contributed by atoms with van der Waals surface area (Å²) in [5.74, 6) is -2.36. The zero-order valence-electron chi connectivity index (χ0n) is 18.6. The number of phenols is 1. The number of ketones is 1. The van der Waals surface area contributed by atoms with Gasteiger partial charge in [-0.1, -0.05) is 11.6 Å². The van der Waals surface area contributed by atoms with Gasteiger partial charge in [-0.3, -0.25) is 24.6 Å². The molecule has 2 heterocycles. The number of Topliss-reactive ketones (excluding diaryl/α,β-unsaturated/α-hetero) is 1. The number of rotatable bonds is 6. The maximum Gasteiger partial charge on any atom is 0.295 e. The first kappa shape index (κ1) is 23.4. The van der Waals surface area contributed by atoms with Crippen molar-refractivity contribution in [3.63, 3.8) is 0 Å². The molecule has 178 valence electrons. The summed E-state index contributed by atoms with van der Waals surface area (Å²) in [4.78, 5) is 40.2. The Morgan fingerprint density at radius 1 is 1.12 bits per heavy atom. The van der Waals surface area contributed by atoms with Crippen LogP contribution in [0.3, 0.4) is 0 Å². The molecule has 0 spiro atoms. The highest BCUT2D eigenvalue weighted by molar-refractivity contribution is 6.46. The number of nitrogens with zero attached hydrogens (tertiary/aromatic N) is 3. The van der Waals surface area contributed by atoms with Crippen molar-refractivity contribution in [3.8, 4) is 5.75 Å². The second kappa shape index (κ2) is 9.62. The Kier molecular flexibility index (Phi) is 6.62. The number of benzene rings is 2. The van der Waals surface area contributed by atoms with Crippen molar-refractivity contribution in [1.82, 2.24) is 9.80 Å². The van der Waals surface area contributed by atoms with Crippen molar-refractivity contribution in [2.75, 3.05) is 39.4 Å². The summed E-state index contributed by atoms with van der Waals surface area (Å²) in [6.45, 7) is 5.03. The number of aliphatic hydroxyl groups is 1. The number of carbonyl (C=O) groups is 2. The number of nitro benzene ring substituents is 1. The largest absolute Gasteiger partial charge is 0.507 e. The van der Waals surface area contributed by atoms with Gasteiger partial charge in [-0.25, -0.2) is 0 Å². The molecule has 0 radical (unpaired) electrons. The number of morpholine rings is 1. The number of ether oxygens (including phenoxy) is 1. The van der Waals surface area contributed by atoms with Gasteiger partial charge in [-0.05, 0) is 36.8 Å². The number of aromatic hydroxyl groups is 1. The SMILES string of the molecule is Cc1ccc(O)c(/C(O)=C2/C(=O)C(=O)N(CCN3CCOCC3)C2c2ccc([N+](=O)[O-])cc2)c1. The topological polar surface area (TPSA) is 133 Å². The molecule has 1 amide bonds. The fourth-order valence-electron chi connectivity index (χ4n) is 4.29. The van der Waals surface area contributed by atoms with Crippen LogP contribution in [0, 0.1) is 17.0 Å². The van der Waals surface area contributed by atoms with Gasteiger partial charge < -0.3 is 19.8 Å². The van der Waals surface area contributed by atoms with E-state index in [9.17, 15) is 29.9 Å². The number of likely N-dealkylation sites (tertiary alicyclic amines) is 1. The molecule has 2 aliphatic rings. The summed E-state index contributed by atoms with van der Waals surface area (Å²) in [7, 11) is 0. The predicted octanol–water partition coefficient (Wildman–Crippen LogP) is 2.36. The number of aryl methyl sites for hydroxylation is 1. The van der Waals surface area contributed by atoms with Crippen LogP contribution in [-0.4, -0.2) is 76.0 Å².